The van der Waals surface area contributed by atoms with Crippen LogP contribution in [0.15, 0.2) is 153 Å². The number of aliphatic hydroxyl groups is 1. The minimum atomic E-state index is -4.45. The van der Waals surface area contributed by atoms with Crippen molar-refractivity contribution in [2.75, 3.05) is 120 Å². The number of anilines is 4. The summed E-state index contributed by atoms with van der Waals surface area (Å²) < 4.78 is 187. The van der Waals surface area contributed by atoms with Crippen LogP contribution in [0.5, 0.6) is 0 Å². The Kier molecular flexibility index (Phi) is 42.2. The fourth-order valence-electron chi connectivity index (χ4n) is 15.6. The molecule has 1 unspecified atom stereocenters. The summed E-state index contributed by atoms with van der Waals surface area (Å²) in [5.74, 6) is -0.0602. The molecule has 0 aliphatic carbocycles. The van der Waals surface area contributed by atoms with Crippen molar-refractivity contribution in [2.45, 2.75) is 204 Å². The van der Waals surface area contributed by atoms with Crippen molar-refractivity contribution in [3.63, 3.8) is 0 Å². The number of guanidine groups is 3. The quantitative estimate of drug-likeness (QED) is 0.0235. The summed E-state index contributed by atoms with van der Waals surface area (Å²) in [5.41, 5.74) is 6.32. The Balaban J connectivity index is 0.000000240. The van der Waals surface area contributed by atoms with E-state index in [1.54, 1.807) is 102 Å². The molecule has 9 heterocycles. The fraction of sp³-hybridized carbons (Fsp3) is 0.495. The Morgan fingerprint density at radius 3 is 1.10 bits per heavy atom. The van der Waals surface area contributed by atoms with E-state index in [2.05, 4.69) is 62.5 Å². The van der Waals surface area contributed by atoms with E-state index < -0.39 is 100 Å². The molecule has 0 radical (unpaired) electrons. The number of benzene rings is 6. The van der Waals surface area contributed by atoms with Crippen LogP contribution in [-0.2, 0) is 87.0 Å². The van der Waals surface area contributed by atoms with Crippen molar-refractivity contribution < 1.29 is 117 Å². The van der Waals surface area contributed by atoms with Gasteiger partial charge in [-0.3, -0.25) is 49.7 Å². The van der Waals surface area contributed by atoms with E-state index in [4.69, 9.17) is 38.9 Å². The van der Waals surface area contributed by atoms with Crippen molar-refractivity contribution >= 4 is 158 Å². The SMILES string of the molecule is CC(C)(C)OC(=O)N1CCC2(CC1)N=C(Nc1ccc(C(F)(F)F)cc1)NC2=O.CC1=NC2(CCN(C(=O)OC(C)(C)C)CC2)C(=O)N1.Cc1cc(C(=O)N(C)C)ccc1CCS(=O)(=O)Cl.Cc1cc(C(=O)N(C)C)ccc1CCS(=O)(=O)N1CCC2(CC1)N=C(Nc1ccc(C(F)(F)F)cc1)NC2=O.Cc1ccc(N)cc1.Cl.O=C1NC(Nc2ccc(C(F)(F)F)cc2)=NC12CCNCC2.OC1CCCO1.[O]=[Mg]. The molecule has 1 atom stereocenters. The zero-order valence-corrected chi connectivity index (χ0v) is 87.0. The molecule has 6 aromatic carbocycles. The first-order chi connectivity index (χ1) is 66.6. The number of nitrogens with zero attached hydrogens (tertiary/aromatic N) is 9. The Labute approximate surface area is 854 Å². The molecule has 5 fully saturated rings. The third-order valence-electron chi connectivity index (χ3n) is 23.5. The summed E-state index contributed by atoms with van der Waals surface area (Å²) in [7, 11) is 4.78. The Morgan fingerprint density at radius 2 is 0.826 bits per heavy atom. The molecule has 9 aliphatic heterocycles. The van der Waals surface area contributed by atoms with Crippen LogP contribution < -0.4 is 48.3 Å². The number of halogens is 11. The number of piperidine rings is 4. The Hall–Kier alpha value is -11.2. The molecule has 5 saturated heterocycles. The second-order valence-corrected chi connectivity index (χ2v) is 42.3. The topological polar surface area (TPSA) is 458 Å². The molecule has 9 aliphatic rings. The number of carbonyl (C=O) groups is 8. The molecule has 786 valence electrons. The molecule has 8 amide bonds. The Morgan fingerprint density at radius 1 is 0.500 bits per heavy atom. The van der Waals surface area contributed by atoms with Crippen molar-refractivity contribution in [2.24, 2.45) is 20.0 Å². The normalized spacial score (nSPS) is 18.1. The van der Waals surface area contributed by atoms with Gasteiger partial charge < -0.3 is 71.2 Å². The first-order valence-corrected chi connectivity index (χ1v) is 50.3. The number of amides is 8. The summed E-state index contributed by atoms with van der Waals surface area (Å²) in [4.78, 5) is 121. The number of rotatable bonds is 12. The van der Waals surface area contributed by atoms with E-state index in [1.807, 2.05) is 65.8 Å². The number of aliphatic imine (C=N–C) groups is 4. The van der Waals surface area contributed by atoms with Gasteiger partial charge in [-0.2, -0.15) is 39.5 Å². The molecule has 144 heavy (non-hydrogen) atoms. The summed E-state index contributed by atoms with van der Waals surface area (Å²) in [6.07, 6.45) is -8.63. The number of carbonyl (C=O) groups excluding carboxylic acids is 8. The molecule has 11 N–H and O–H groups in total. The van der Waals surface area contributed by atoms with Crippen LogP contribution >= 0.6 is 23.1 Å². The predicted octanol–water partition coefficient (Wildman–Crippen LogP) is 12.8. The van der Waals surface area contributed by atoms with Crippen molar-refractivity contribution in [3.8, 4) is 0 Å². The van der Waals surface area contributed by atoms with Gasteiger partial charge in [-0.15, -0.1) is 12.4 Å². The molecule has 6 aromatic rings. The molecule has 0 bridgehead atoms. The van der Waals surface area contributed by atoms with Crippen LogP contribution in [0.1, 0.15) is 178 Å². The number of nitrogens with one attached hydrogen (secondary N) is 8. The molecule has 49 heteroatoms. The van der Waals surface area contributed by atoms with Crippen LogP contribution in [0.3, 0.4) is 0 Å². The number of nitrogen functional groups attached to an aromatic ring is 1. The van der Waals surface area contributed by atoms with Gasteiger partial charge in [0, 0.05) is 125 Å². The van der Waals surface area contributed by atoms with E-state index >= 15 is 0 Å². The second kappa shape index (κ2) is 50.8. The fourth-order valence-corrected chi connectivity index (χ4v) is 17.8. The zero-order chi connectivity index (χ0) is 106. The standard InChI is InChI=1S/C26H30F3N5O4S.C19H23F3N4O3.C14H15F3N4O.C13H21N3O3.C12H16ClNO3S.C7H9N.C4H8O2.ClH.Mg.O/c1-17-16-19(22(35)33(2)3)5-4-18(17)10-15-39(37,38)34-13-11-25(12-14-34)23(36)31-24(32-25)30-21-8-6-20(7-9-21)26(27,28)29;1-17(2,3)29-16(28)26-10-8-18(9-11-26)14(27)24-15(25-18)23-13-6-4-12(5-7-13)19(20,21)22;15-14(16,17)9-1-3-10(4-2-9)19-12-20-11(22)13(21-12)5-7-18-8-6-13;1-9-14-10(17)13(15-9)5-7-16(8-6-13)11(18)19-12(2,3)4;1-9-8-11(12(15)14(2)3)5-4-10(9)6-7-18(13,16)17;1-6-2-4-7(8)5-3-6;5-4-2-1-3-6-4;;;/h4-9,16H,10-15H2,1-3H3,(H2,30,31,32,36);4-7H,8-11H2,1-3H3,(H2,23,24,25,27);1-4,18H,5-8H2,(H2,19,20,21,22);5-8H2,1-4H3,(H,14,15,17);4-5,8H,6-7H2,1-3H3;2-5H,8H2,1H3;4-5H,1-3H2;1H;;. The molecule has 0 saturated carbocycles. The first-order valence-electron chi connectivity index (χ1n) is 45.6. The molecule has 15 rings (SSSR count). The number of amidine groups is 1. The molecular weight excluding hydrogens is 2000 g/mol. The number of hydrogen-bond donors (Lipinski definition) is 10. The van der Waals surface area contributed by atoms with Gasteiger partial charge in [0.25, 0.3) is 35.4 Å². The maximum absolute atomic E-state index is 13.1. The van der Waals surface area contributed by atoms with Gasteiger partial charge in [-0.25, -0.2) is 45.7 Å². The third kappa shape index (κ3) is 35.3. The number of nitrogens with two attached hydrogens (primary N) is 1. The van der Waals surface area contributed by atoms with E-state index in [0.717, 1.165) is 83.8 Å². The van der Waals surface area contributed by atoms with Crippen LogP contribution in [0.25, 0.3) is 0 Å². The number of ether oxygens (including phenoxy) is 3. The molecule has 35 nitrogen and oxygen atoms in total. The number of aliphatic hydroxyl groups excluding tert-OH is 1. The van der Waals surface area contributed by atoms with Crippen molar-refractivity contribution in [1.29, 1.82) is 0 Å². The average Bonchev–Trinajstić information content (AvgIpc) is 1.60. The predicted molar refractivity (Wildman–Crippen MR) is 531 cm³/mol. The monoisotopic (exact) mass is 2120 g/mol. The zero-order valence-electron chi connectivity index (χ0n) is 82.3. The van der Waals surface area contributed by atoms with Gasteiger partial charge >= 0.3 is 55.6 Å². The maximum atomic E-state index is 13.1. The van der Waals surface area contributed by atoms with Crippen LogP contribution in [0, 0.1) is 20.8 Å². The van der Waals surface area contributed by atoms with Gasteiger partial charge in [0.15, 0.2) is 6.29 Å². The number of alkyl halides is 9. The summed E-state index contributed by atoms with van der Waals surface area (Å²) in [5, 5.41) is 30.8. The molecular formula is C95H123Cl2F9MgN18O17S2. The third-order valence-corrected chi connectivity index (χ3v) is 26.6. The van der Waals surface area contributed by atoms with Crippen LogP contribution in [0.4, 0.5) is 71.9 Å². The summed E-state index contributed by atoms with van der Waals surface area (Å²) >= 11 is 0.611. The van der Waals surface area contributed by atoms with Gasteiger partial charge in [0.05, 0.1) is 28.2 Å². The first kappa shape index (κ1) is 120. The number of hydrogen-bond acceptors (Lipinski definition) is 26. The van der Waals surface area contributed by atoms with Gasteiger partial charge in [-0.05, 0) is 284 Å². The van der Waals surface area contributed by atoms with Crippen LogP contribution in [0.2, 0.25) is 0 Å². The summed E-state index contributed by atoms with van der Waals surface area (Å²) in [6, 6.07) is 31.6. The summed E-state index contributed by atoms with van der Waals surface area (Å²) in [6.45, 7) is 22.4. The number of aryl methyl sites for hydroxylation is 5. The average molecular weight is 2120 g/mol. The second-order valence-electron chi connectivity index (χ2n) is 37.3. The molecule has 0 aromatic heterocycles. The van der Waals surface area contributed by atoms with Gasteiger partial charge in [0.1, 0.15) is 39.2 Å². The van der Waals surface area contributed by atoms with E-state index in [-0.39, 0.29) is 116 Å². The van der Waals surface area contributed by atoms with Crippen molar-refractivity contribution in [3.05, 3.63) is 189 Å². The van der Waals surface area contributed by atoms with E-state index in [9.17, 15) is 94.7 Å². The minimum absolute atomic E-state index is 0. The van der Waals surface area contributed by atoms with Gasteiger partial charge in [-0.1, -0.05) is 29.8 Å². The van der Waals surface area contributed by atoms with Crippen molar-refractivity contribution in [1.82, 2.24) is 50.5 Å². The van der Waals surface area contributed by atoms with E-state index in [1.165, 1.54) is 56.1 Å². The number of likely N-dealkylation sites (tertiary alicyclic amines) is 2. The Bertz CT molecular complexity index is 5820. The van der Waals surface area contributed by atoms with Gasteiger partial charge in [0.2, 0.25) is 37.0 Å². The van der Waals surface area contributed by atoms with Crippen LogP contribution in [-0.4, -0.2) is 277 Å². The molecule has 4 spiro atoms. The van der Waals surface area contributed by atoms with E-state index in [0.29, 0.717) is 140 Å². The number of sulfonamides is 1.